The number of halogens is 1. The van der Waals surface area contributed by atoms with E-state index >= 15 is 0 Å². The van der Waals surface area contributed by atoms with Crippen LogP contribution in [0.15, 0.2) is 24.5 Å². The van der Waals surface area contributed by atoms with Crippen molar-refractivity contribution in [3.8, 4) is 0 Å². The summed E-state index contributed by atoms with van der Waals surface area (Å²) in [5, 5.41) is 0. The Balaban J connectivity index is 0.00000361. The van der Waals surface area contributed by atoms with E-state index in [0.29, 0.717) is 5.56 Å². The van der Waals surface area contributed by atoms with E-state index in [1.807, 2.05) is 5.43 Å². The third-order valence-corrected chi connectivity index (χ3v) is 3.80. The van der Waals surface area contributed by atoms with Crippen LogP contribution in [-0.2, 0) is 21.2 Å². The summed E-state index contributed by atoms with van der Waals surface area (Å²) >= 11 is 0. The highest BCUT2D eigenvalue weighted by Gasteiger charge is 2.17. The van der Waals surface area contributed by atoms with E-state index in [1.165, 1.54) is 16.8 Å². The van der Waals surface area contributed by atoms with Crippen LogP contribution in [0.5, 0.6) is 0 Å². The fraction of sp³-hybridized carbons (Fsp3) is 0.300. The van der Waals surface area contributed by atoms with E-state index < -0.39 is 27.4 Å². The molecule has 0 aliphatic heterocycles. The SMILES string of the molecule is NNC(=O)c1ccc[n+](CCS(=O)(=O)CC(N)=O)c1.[Cl-]. The van der Waals surface area contributed by atoms with Crippen LogP contribution in [0.2, 0.25) is 0 Å². The van der Waals surface area contributed by atoms with Crippen LogP contribution in [0.1, 0.15) is 10.4 Å². The van der Waals surface area contributed by atoms with Crippen LogP contribution in [0.4, 0.5) is 0 Å². The van der Waals surface area contributed by atoms with Gasteiger partial charge in [-0.15, -0.1) is 0 Å². The van der Waals surface area contributed by atoms with Gasteiger partial charge < -0.3 is 18.1 Å². The quantitative estimate of drug-likeness (QED) is 0.208. The van der Waals surface area contributed by atoms with Gasteiger partial charge in [0.25, 0.3) is 5.91 Å². The zero-order chi connectivity index (χ0) is 14.5. The molecule has 5 N–H and O–H groups in total. The molecule has 0 atom stereocenters. The van der Waals surface area contributed by atoms with Crippen molar-refractivity contribution < 1.29 is 35.0 Å². The van der Waals surface area contributed by atoms with Crippen LogP contribution in [-0.4, -0.2) is 31.7 Å². The highest BCUT2D eigenvalue weighted by Crippen LogP contribution is 1.94. The molecule has 2 amide bonds. The second-order valence-corrected chi connectivity index (χ2v) is 6.05. The molecule has 8 nitrogen and oxygen atoms in total. The van der Waals surface area contributed by atoms with Crippen molar-refractivity contribution in [2.45, 2.75) is 6.54 Å². The molecule has 0 saturated heterocycles. The lowest BCUT2D eigenvalue weighted by molar-refractivity contribution is -0.692. The van der Waals surface area contributed by atoms with E-state index in [9.17, 15) is 18.0 Å². The van der Waals surface area contributed by atoms with Gasteiger partial charge >= 0.3 is 0 Å². The summed E-state index contributed by atoms with van der Waals surface area (Å²) < 4.78 is 24.5. The first-order chi connectivity index (χ1) is 8.84. The first-order valence-electron chi connectivity index (χ1n) is 5.33. The summed E-state index contributed by atoms with van der Waals surface area (Å²) in [4.78, 5) is 21.9. The van der Waals surface area contributed by atoms with Gasteiger partial charge in [-0.05, 0) is 6.07 Å². The monoisotopic (exact) mass is 322 g/mol. The average molecular weight is 323 g/mol. The molecule has 0 aliphatic rings. The maximum atomic E-state index is 11.5. The normalized spacial score (nSPS) is 10.4. The number of nitrogens with two attached hydrogens (primary N) is 2. The number of nitrogen functional groups attached to an aromatic ring is 1. The van der Waals surface area contributed by atoms with Crippen molar-refractivity contribution >= 4 is 21.7 Å². The predicted molar refractivity (Wildman–Crippen MR) is 66.1 cm³/mol. The number of aryl methyl sites for hydroxylation is 1. The number of primary amides is 1. The predicted octanol–water partition coefficient (Wildman–Crippen LogP) is -5.52. The van der Waals surface area contributed by atoms with Gasteiger partial charge in [-0.1, -0.05) is 0 Å². The maximum absolute atomic E-state index is 11.5. The number of hydrogen-bond donors (Lipinski definition) is 3. The van der Waals surface area contributed by atoms with Crippen molar-refractivity contribution in [1.82, 2.24) is 5.43 Å². The number of sulfone groups is 1. The van der Waals surface area contributed by atoms with Crippen molar-refractivity contribution in [3.05, 3.63) is 30.1 Å². The number of carbonyl (C=O) groups excluding carboxylic acids is 2. The zero-order valence-electron chi connectivity index (χ0n) is 10.5. The van der Waals surface area contributed by atoms with E-state index in [2.05, 4.69) is 0 Å². The highest BCUT2D eigenvalue weighted by atomic mass is 35.5. The number of pyridine rings is 1. The molecule has 1 rings (SSSR count). The molecule has 0 unspecified atom stereocenters. The number of hydrazine groups is 1. The lowest BCUT2D eigenvalue weighted by Crippen LogP contribution is -3.00. The molecule has 0 spiro atoms. The maximum Gasteiger partial charge on any atom is 0.271 e. The Labute approximate surface area is 122 Å². The van der Waals surface area contributed by atoms with Crippen LogP contribution in [0.25, 0.3) is 0 Å². The second-order valence-electron chi connectivity index (χ2n) is 3.86. The number of nitrogens with zero attached hydrogens (tertiary/aromatic N) is 1. The van der Waals surface area contributed by atoms with Gasteiger partial charge in [0, 0.05) is 6.07 Å². The molecular formula is C10H15ClN4O4S. The topological polar surface area (TPSA) is 136 Å². The molecular weight excluding hydrogens is 308 g/mol. The molecule has 0 radical (unpaired) electrons. The lowest BCUT2D eigenvalue weighted by Gasteiger charge is -2.01. The molecule has 1 aromatic rings. The molecule has 0 bridgehead atoms. The molecule has 10 heteroatoms. The minimum Gasteiger partial charge on any atom is -1.00 e. The fourth-order valence-corrected chi connectivity index (χ4v) is 2.48. The molecule has 0 aliphatic carbocycles. The molecule has 20 heavy (non-hydrogen) atoms. The first kappa shape index (κ1) is 18.3. The minimum atomic E-state index is -3.54. The number of carbonyl (C=O) groups is 2. The van der Waals surface area contributed by atoms with Crippen LogP contribution in [0, 0.1) is 0 Å². The van der Waals surface area contributed by atoms with E-state index in [4.69, 9.17) is 11.6 Å². The molecule has 112 valence electrons. The standard InChI is InChI=1S/C10H14N4O4S.ClH/c11-9(15)7-19(17,18)5-4-14-3-1-2-8(6-14)10(16)13-12;/h1-3,6H,4-5,7,12H2,(H2-,11,13,15,16);1H. The molecule has 0 saturated carbocycles. The van der Waals surface area contributed by atoms with Crippen LogP contribution in [0.3, 0.4) is 0 Å². The van der Waals surface area contributed by atoms with Crippen molar-refractivity contribution in [3.63, 3.8) is 0 Å². The van der Waals surface area contributed by atoms with Crippen molar-refractivity contribution in [2.75, 3.05) is 11.5 Å². The Morgan fingerprint density at radius 1 is 1.35 bits per heavy atom. The van der Waals surface area contributed by atoms with Gasteiger partial charge in [0.15, 0.2) is 28.8 Å². The number of nitrogens with one attached hydrogen (secondary N) is 1. The van der Waals surface area contributed by atoms with Gasteiger partial charge in [-0.3, -0.25) is 15.0 Å². The van der Waals surface area contributed by atoms with E-state index in [0.717, 1.165) is 0 Å². The Bertz CT molecular complexity index is 591. The number of amides is 2. The summed E-state index contributed by atoms with van der Waals surface area (Å²) in [5.74, 6) is 2.71. The Kier molecular flexibility index (Phi) is 7.11. The minimum absolute atomic E-state index is 0. The largest absolute Gasteiger partial charge is 1.00 e. The third-order valence-electron chi connectivity index (χ3n) is 2.27. The molecule has 1 aromatic heterocycles. The summed E-state index contributed by atoms with van der Waals surface area (Å²) in [6.45, 7) is 0.112. The second kappa shape index (κ2) is 7.78. The lowest BCUT2D eigenvalue weighted by atomic mass is 10.3. The smallest absolute Gasteiger partial charge is 0.271 e. The third kappa shape index (κ3) is 5.95. The fourth-order valence-electron chi connectivity index (χ4n) is 1.41. The molecule has 0 fully saturated rings. The summed E-state index contributed by atoms with van der Waals surface area (Å²) in [6, 6.07) is 3.13. The zero-order valence-corrected chi connectivity index (χ0v) is 12.0. The van der Waals surface area contributed by atoms with Gasteiger partial charge in [0.2, 0.25) is 5.91 Å². The van der Waals surface area contributed by atoms with Crippen molar-refractivity contribution in [2.24, 2.45) is 11.6 Å². The van der Waals surface area contributed by atoms with Crippen LogP contribution >= 0.6 is 0 Å². The average Bonchev–Trinajstić information content (AvgIpc) is 2.34. The Morgan fingerprint density at radius 2 is 2.00 bits per heavy atom. The summed E-state index contributed by atoms with van der Waals surface area (Å²) in [6.07, 6.45) is 3.06. The summed E-state index contributed by atoms with van der Waals surface area (Å²) in [5.41, 5.74) is 7.12. The Hall–Kier alpha value is -1.71. The number of hydrogen-bond acceptors (Lipinski definition) is 5. The van der Waals surface area contributed by atoms with Gasteiger partial charge in [0.1, 0.15) is 17.1 Å². The van der Waals surface area contributed by atoms with Crippen molar-refractivity contribution in [1.29, 1.82) is 0 Å². The van der Waals surface area contributed by atoms with Gasteiger partial charge in [-0.2, -0.15) is 0 Å². The van der Waals surface area contributed by atoms with Crippen LogP contribution < -0.4 is 34.0 Å². The Morgan fingerprint density at radius 3 is 2.55 bits per heavy atom. The number of aromatic nitrogens is 1. The molecule has 1 heterocycles. The molecule has 0 aromatic carbocycles. The van der Waals surface area contributed by atoms with E-state index in [1.54, 1.807) is 12.3 Å². The highest BCUT2D eigenvalue weighted by molar-refractivity contribution is 7.92. The summed E-state index contributed by atoms with van der Waals surface area (Å²) in [7, 11) is -3.54. The van der Waals surface area contributed by atoms with Gasteiger partial charge in [0.05, 0.1) is 0 Å². The first-order valence-corrected chi connectivity index (χ1v) is 7.15. The number of rotatable bonds is 6. The van der Waals surface area contributed by atoms with Gasteiger partial charge in [-0.25, -0.2) is 18.8 Å². The van der Waals surface area contributed by atoms with E-state index in [-0.39, 0.29) is 24.7 Å².